The minimum atomic E-state index is 0. The van der Waals surface area contributed by atoms with Gasteiger partial charge in [-0.05, 0) is 6.20 Å². The van der Waals surface area contributed by atoms with Crippen LogP contribution in [0, 0.1) is 6.08 Å². The second-order valence-electron chi connectivity index (χ2n) is 2.27. The Bertz CT molecular complexity index is 237. The van der Waals surface area contributed by atoms with Gasteiger partial charge < -0.3 is 4.98 Å². The standard InChI is InChI=1S/C8H8N.Y/c1-2-4-8-7(3-1)5-6-9-8;/h2,5-6,9H,1,3H2;/q-1;. The number of aryl methyl sites for hydroxylation is 1. The van der Waals surface area contributed by atoms with Crippen LogP contribution >= 0.6 is 0 Å². The van der Waals surface area contributed by atoms with E-state index in [0.717, 1.165) is 6.42 Å². The maximum atomic E-state index is 3.16. The van der Waals surface area contributed by atoms with Crippen molar-refractivity contribution in [2.24, 2.45) is 0 Å². The average molecular weight is 207 g/mol. The van der Waals surface area contributed by atoms with Crippen molar-refractivity contribution in [1.82, 2.24) is 4.98 Å². The molecule has 2 rings (SSSR count). The Kier molecular flexibility index (Phi) is 2.87. The summed E-state index contributed by atoms with van der Waals surface area (Å²) in [7, 11) is 0. The van der Waals surface area contributed by atoms with Gasteiger partial charge in [-0.2, -0.15) is 11.6 Å². The van der Waals surface area contributed by atoms with Crippen molar-refractivity contribution >= 4 is 0 Å². The number of hydrogen-bond donors (Lipinski definition) is 1. The van der Waals surface area contributed by atoms with E-state index in [1.807, 2.05) is 6.20 Å². The van der Waals surface area contributed by atoms with Gasteiger partial charge in [-0.3, -0.25) is 0 Å². The third-order valence-corrected chi connectivity index (χ3v) is 1.64. The largest absolute Gasteiger partial charge is 0.397 e. The molecule has 0 spiro atoms. The van der Waals surface area contributed by atoms with Crippen LogP contribution in [-0.4, -0.2) is 4.98 Å². The van der Waals surface area contributed by atoms with Crippen LogP contribution in [0.4, 0.5) is 0 Å². The summed E-state index contributed by atoms with van der Waals surface area (Å²) in [6, 6.07) is 2.12. The molecule has 1 aliphatic carbocycles. The average Bonchev–Trinajstić information content (AvgIpc) is 2.33. The number of H-pyrrole nitrogens is 1. The summed E-state index contributed by atoms with van der Waals surface area (Å²) < 4.78 is 0. The smallest absolute Gasteiger partial charge is 0 e. The van der Waals surface area contributed by atoms with Crippen LogP contribution in [0.3, 0.4) is 0 Å². The Morgan fingerprint density at radius 1 is 1.50 bits per heavy atom. The molecule has 1 radical (unpaired) electrons. The fraction of sp³-hybridized carbons (Fsp3) is 0.250. The minimum Gasteiger partial charge on any atom is -0.397 e. The van der Waals surface area contributed by atoms with Crippen molar-refractivity contribution in [2.45, 2.75) is 12.8 Å². The van der Waals surface area contributed by atoms with E-state index >= 15 is 0 Å². The molecule has 2 heteroatoms. The van der Waals surface area contributed by atoms with E-state index < -0.39 is 0 Å². The number of nitrogens with one attached hydrogen (secondary N) is 1. The Morgan fingerprint density at radius 2 is 2.40 bits per heavy atom. The van der Waals surface area contributed by atoms with Crippen molar-refractivity contribution < 1.29 is 32.7 Å². The molecule has 0 atom stereocenters. The van der Waals surface area contributed by atoms with E-state index in [-0.39, 0.29) is 32.7 Å². The molecular formula is C8H8NY-. The maximum Gasteiger partial charge on any atom is 0 e. The minimum absolute atomic E-state index is 0. The molecule has 0 unspecified atom stereocenters. The van der Waals surface area contributed by atoms with Crippen molar-refractivity contribution in [3.63, 3.8) is 0 Å². The quantitative estimate of drug-likeness (QED) is 0.623. The second-order valence-corrected chi connectivity index (χ2v) is 2.27. The van der Waals surface area contributed by atoms with Gasteiger partial charge in [-0.1, -0.05) is 12.8 Å². The summed E-state index contributed by atoms with van der Waals surface area (Å²) >= 11 is 0. The summed E-state index contributed by atoms with van der Waals surface area (Å²) in [6.45, 7) is 0. The van der Waals surface area contributed by atoms with Gasteiger partial charge in [0.1, 0.15) is 0 Å². The van der Waals surface area contributed by atoms with E-state index in [1.54, 1.807) is 0 Å². The molecular weight excluding hydrogens is 199 g/mol. The molecule has 1 aromatic rings. The Labute approximate surface area is 85.8 Å². The number of rotatable bonds is 0. The molecule has 1 aliphatic rings. The third kappa shape index (κ3) is 1.41. The number of aromatic nitrogens is 1. The molecule has 10 heavy (non-hydrogen) atoms. The fourth-order valence-electron chi connectivity index (χ4n) is 1.15. The molecule has 0 fully saturated rings. The summed E-state index contributed by atoms with van der Waals surface area (Å²) in [5.74, 6) is 0. The van der Waals surface area contributed by atoms with Gasteiger partial charge in [0.25, 0.3) is 0 Å². The molecule has 0 aliphatic heterocycles. The normalized spacial score (nSPS) is 14.0. The zero-order valence-electron chi connectivity index (χ0n) is 5.72. The predicted molar refractivity (Wildman–Crippen MR) is 36.0 cm³/mol. The van der Waals surface area contributed by atoms with Crippen LogP contribution in [0.2, 0.25) is 0 Å². The van der Waals surface area contributed by atoms with Crippen LogP contribution in [0.25, 0.3) is 0 Å². The number of fused-ring (bicyclic) bond motifs is 1. The molecule has 1 heterocycles. The van der Waals surface area contributed by atoms with Gasteiger partial charge in [-0.25, -0.2) is 6.08 Å². The molecule has 0 amide bonds. The van der Waals surface area contributed by atoms with Gasteiger partial charge in [-0.15, -0.1) is 11.8 Å². The number of hydrogen-bond acceptors (Lipinski definition) is 0. The van der Waals surface area contributed by atoms with E-state index in [2.05, 4.69) is 23.2 Å². The summed E-state index contributed by atoms with van der Waals surface area (Å²) in [6.07, 6.45) is 9.53. The number of allylic oxidation sites excluding steroid dienone is 1. The van der Waals surface area contributed by atoms with Crippen LogP contribution in [0.5, 0.6) is 0 Å². The van der Waals surface area contributed by atoms with Gasteiger partial charge in [0.15, 0.2) is 0 Å². The monoisotopic (exact) mass is 207 g/mol. The molecule has 1 nitrogen and oxygen atoms in total. The summed E-state index contributed by atoms with van der Waals surface area (Å²) in [4.78, 5) is 3.12. The summed E-state index contributed by atoms with van der Waals surface area (Å²) in [5, 5.41) is 0. The first-order valence-electron chi connectivity index (χ1n) is 3.21. The Morgan fingerprint density at radius 3 is 3.20 bits per heavy atom. The van der Waals surface area contributed by atoms with Crippen LogP contribution in [0.1, 0.15) is 17.7 Å². The molecule has 1 N–H and O–H groups in total. The first-order valence-corrected chi connectivity index (χ1v) is 3.21. The number of aromatic amines is 1. The SMILES string of the molecule is [C-]1=CCCc2cc[nH]c21.[Y]. The van der Waals surface area contributed by atoms with Crippen LogP contribution < -0.4 is 0 Å². The molecule has 0 saturated carbocycles. The predicted octanol–water partition coefficient (Wildman–Crippen LogP) is 1.67. The third-order valence-electron chi connectivity index (χ3n) is 1.64. The van der Waals surface area contributed by atoms with Gasteiger partial charge in [0.2, 0.25) is 0 Å². The molecule has 0 aromatic carbocycles. The van der Waals surface area contributed by atoms with E-state index in [9.17, 15) is 0 Å². The summed E-state index contributed by atoms with van der Waals surface area (Å²) in [5.41, 5.74) is 2.57. The Balaban J connectivity index is 0.000000500. The van der Waals surface area contributed by atoms with Gasteiger partial charge in [0, 0.05) is 32.7 Å². The van der Waals surface area contributed by atoms with Crippen molar-refractivity contribution in [3.8, 4) is 0 Å². The molecule has 0 saturated heterocycles. The van der Waals surface area contributed by atoms with E-state index in [0.29, 0.717) is 0 Å². The molecule has 1 aromatic heterocycles. The van der Waals surface area contributed by atoms with Crippen molar-refractivity contribution in [2.75, 3.05) is 0 Å². The van der Waals surface area contributed by atoms with Gasteiger partial charge in [0.05, 0.1) is 0 Å². The molecule has 49 valence electrons. The first-order chi connectivity index (χ1) is 4.47. The first kappa shape index (κ1) is 8.22. The second kappa shape index (κ2) is 3.50. The van der Waals surface area contributed by atoms with E-state index in [1.165, 1.54) is 17.7 Å². The van der Waals surface area contributed by atoms with Crippen LogP contribution in [-0.2, 0) is 39.1 Å². The topological polar surface area (TPSA) is 15.8 Å². The van der Waals surface area contributed by atoms with Crippen molar-refractivity contribution in [1.29, 1.82) is 0 Å². The van der Waals surface area contributed by atoms with Crippen LogP contribution in [0.15, 0.2) is 18.3 Å². The molecule has 0 bridgehead atoms. The Hall–Kier alpha value is 0.124. The van der Waals surface area contributed by atoms with E-state index in [4.69, 9.17) is 0 Å². The maximum absolute atomic E-state index is 3.16. The zero-order valence-corrected chi connectivity index (χ0v) is 8.56. The van der Waals surface area contributed by atoms with Gasteiger partial charge >= 0.3 is 0 Å². The van der Waals surface area contributed by atoms with Crippen molar-refractivity contribution in [3.05, 3.63) is 35.7 Å². The fourth-order valence-corrected chi connectivity index (χ4v) is 1.15. The zero-order chi connectivity index (χ0) is 6.10.